The highest BCUT2D eigenvalue weighted by Gasteiger charge is 2.10. The number of anilines is 4. The second kappa shape index (κ2) is 8.49. The molecule has 0 unspecified atom stereocenters. The Kier molecular flexibility index (Phi) is 5.81. The van der Waals surface area contributed by atoms with Crippen LogP contribution < -0.4 is 15.4 Å². The summed E-state index contributed by atoms with van der Waals surface area (Å²) in [6, 6.07) is 21.0. The normalized spacial score (nSPS) is 10.8. The number of ether oxygens (including phenoxy) is 1. The molecule has 0 aliphatic carbocycles. The Bertz CT molecular complexity index is 1200. The lowest BCUT2D eigenvalue weighted by Crippen LogP contribution is -1.99. The van der Waals surface area contributed by atoms with Crippen LogP contribution >= 0.6 is 39.1 Å². The van der Waals surface area contributed by atoms with Crippen LogP contribution in [-0.2, 0) is 0 Å². The summed E-state index contributed by atoms with van der Waals surface area (Å²) in [6.07, 6.45) is 0. The fourth-order valence-corrected chi connectivity index (χ4v) is 3.64. The molecule has 146 valence electrons. The van der Waals surface area contributed by atoms with Crippen molar-refractivity contribution in [2.75, 3.05) is 17.7 Å². The minimum atomic E-state index is 0.489. The number of hydrogen-bond acceptors (Lipinski definition) is 4. The van der Waals surface area contributed by atoms with Crippen molar-refractivity contribution in [1.82, 2.24) is 4.98 Å². The molecule has 4 aromatic rings. The Hall–Kier alpha value is -2.47. The van der Waals surface area contributed by atoms with E-state index in [1.54, 1.807) is 19.2 Å². The van der Waals surface area contributed by atoms with Gasteiger partial charge in [0, 0.05) is 21.6 Å². The van der Waals surface area contributed by atoms with Crippen molar-refractivity contribution in [1.29, 1.82) is 0 Å². The van der Waals surface area contributed by atoms with E-state index in [0.717, 1.165) is 38.2 Å². The molecule has 1 aromatic heterocycles. The number of methoxy groups -OCH3 is 1. The van der Waals surface area contributed by atoms with Gasteiger partial charge in [-0.2, -0.15) is 0 Å². The van der Waals surface area contributed by atoms with E-state index in [1.807, 2.05) is 54.6 Å². The van der Waals surface area contributed by atoms with E-state index in [4.69, 9.17) is 32.9 Å². The van der Waals surface area contributed by atoms with Crippen LogP contribution in [0, 0.1) is 0 Å². The van der Waals surface area contributed by atoms with Crippen molar-refractivity contribution < 1.29 is 4.74 Å². The maximum absolute atomic E-state index is 6.18. The van der Waals surface area contributed by atoms with Crippen molar-refractivity contribution in [3.8, 4) is 5.75 Å². The predicted octanol–water partition coefficient (Wildman–Crippen LogP) is 7.80. The number of benzene rings is 3. The van der Waals surface area contributed by atoms with Gasteiger partial charge in [-0.3, -0.25) is 0 Å². The molecule has 0 saturated carbocycles. The summed E-state index contributed by atoms with van der Waals surface area (Å²) in [5.74, 6) is 1.43. The van der Waals surface area contributed by atoms with Gasteiger partial charge in [0.2, 0.25) is 0 Å². The molecule has 0 aliphatic heterocycles. The number of nitrogens with zero attached hydrogens (tertiary/aromatic N) is 1. The quantitative estimate of drug-likeness (QED) is 0.300. The van der Waals surface area contributed by atoms with Crippen LogP contribution in [0.15, 0.2) is 71.2 Å². The number of fused-ring (bicyclic) bond motifs is 1. The van der Waals surface area contributed by atoms with Gasteiger partial charge in [0.15, 0.2) is 0 Å². The largest absolute Gasteiger partial charge is 0.495 e. The van der Waals surface area contributed by atoms with Crippen molar-refractivity contribution >= 4 is 72.9 Å². The maximum Gasteiger partial charge on any atom is 0.142 e. The highest BCUT2D eigenvalue weighted by Crippen LogP contribution is 2.34. The highest BCUT2D eigenvalue weighted by molar-refractivity contribution is 9.10. The number of hydrogen-bond donors (Lipinski definition) is 2. The molecule has 0 amide bonds. The number of aromatic nitrogens is 1. The number of para-hydroxylation sites is 2. The van der Waals surface area contributed by atoms with Gasteiger partial charge < -0.3 is 15.4 Å². The minimum absolute atomic E-state index is 0.489. The van der Waals surface area contributed by atoms with Crippen LogP contribution in [0.3, 0.4) is 0 Å². The molecule has 0 spiro atoms. The van der Waals surface area contributed by atoms with E-state index in [2.05, 4.69) is 26.6 Å². The highest BCUT2D eigenvalue weighted by atomic mass is 79.9. The minimum Gasteiger partial charge on any atom is -0.495 e. The molecule has 29 heavy (non-hydrogen) atoms. The van der Waals surface area contributed by atoms with E-state index in [1.165, 1.54) is 0 Å². The zero-order chi connectivity index (χ0) is 20.4. The standard InChI is InChI=1S/C22H16BrCl2N3O/c1-29-21-5-3-2-4-19(21)28-22-12-20(15-10-13(23)6-9-18(15)27-22)26-14-7-8-16(24)17(25)11-14/h2-12H,1H3,(H2,26,27,28). The molecular formula is C22H16BrCl2N3O. The third-order valence-corrected chi connectivity index (χ3v) is 5.57. The zero-order valence-corrected chi connectivity index (χ0v) is 18.4. The lowest BCUT2D eigenvalue weighted by molar-refractivity contribution is 0.417. The predicted molar refractivity (Wildman–Crippen MR) is 125 cm³/mol. The second-order valence-corrected chi connectivity index (χ2v) is 8.03. The maximum atomic E-state index is 6.18. The van der Waals surface area contributed by atoms with Crippen LogP contribution in [0.25, 0.3) is 10.9 Å². The van der Waals surface area contributed by atoms with Gasteiger partial charge in [-0.25, -0.2) is 4.98 Å². The number of halogens is 3. The Balaban J connectivity index is 1.78. The molecular weight excluding hydrogens is 473 g/mol. The third-order valence-electron chi connectivity index (χ3n) is 4.34. The third kappa shape index (κ3) is 4.42. The van der Waals surface area contributed by atoms with Crippen molar-refractivity contribution in [3.05, 3.63) is 81.2 Å². The lowest BCUT2D eigenvalue weighted by atomic mass is 10.1. The molecule has 2 N–H and O–H groups in total. The van der Waals surface area contributed by atoms with Gasteiger partial charge in [-0.1, -0.05) is 51.3 Å². The molecule has 0 bridgehead atoms. The lowest BCUT2D eigenvalue weighted by Gasteiger charge is -2.15. The molecule has 3 aromatic carbocycles. The average molecular weight is 489 g/mol. The summed E-state index contributed by atoms with van der Waals surface area (Å²) in [5, 5.41) is 8.73. The Labute approximate surface area is 186 Å². The summed E-state index contributed by atoms with van der Waals surface area (Å²) in [7, 11) is 1.64. The van der Waals surface area contributed by atoms with Crippen LogP contribution in [-0.4, -0.2) is 12.1 Å². The van der Waals surface area contributed by atoms with Gasteiger partial charge in [0.1, 0.15) is 11.6 Å². The summed E-state index contributed by atoms with van der Waals surface area (Å²) in [6.45, 7) is 0. The van der Waals surface area contributed by atoms with Crippen molar-refractivity contribution in [3.63, 3.8) is 0 Å². The molecule has 1 heterocycles. The van der Waals surface area contributed by atoms with Crippen LogP contribution in [0.1, 0.15) is 0 Å². The summed E-state index contributed by atoms with van der Waals surface area (Å²) >= 11 is 15.8. The first-order chi connectivity index (χ1) is 14.0. The number of pyridine rings is 1. The Morgan fingerprint density at radius 3 is 2.48 bits per heavy atom. The fourth-order valence-electron chi connectivity index (χ4n) is 2.98. The zero-order valence-electron chi connectivity index (χ0n) is 15.3. The monoisotopic (exact) mass is 487 g/mol. The number of nitrogens with one attached hydrogen (secondary N) is 2. The van der Waals surface area contributed by atoms with Crippen LogP contribution in [0.5, 0.6) is 5.75 Å². The summed E-state index contributed by atoms with van der Waals surface area (Å²) in [5.41, 5.74) is 3.39. The SMILES string of the molecule is COc1ccccc1Nc1cc(Nc2ccc(Cl)c(Cl)c2)c2cc(Br)ccc2n1. The first kappa shape index (κ1) is 19.8. The van der Waals surface area contributed by atoms with Gasteiger partial charge in [-0.05, 0) is 48.5 Å². The average Bonchev–Trinajstić information content (AvgIpc) is 2.72. The summed E-state index contributed by atoms with van der Waals surface area (Å²) in [4.78, 5) is 4.75. The molecule has 4 rings (SSSR count). The van der Waals surface area contributed by atoms with Gasteiger partial charge in [0.05, 0.1) is 34.0 Å². The summed E-state index contributed by atoms with van der Waals surface area (Å²) < 4.78 is 6.40. The number of rotatable bonds is 5. The molecule has 0 atom stereocenters. The van der Waals surface area contributed by atoms with Crippen LogP contribution in [0.2, 0.25) is 10.0 Å². The van der Waals surface area contributed by atoms with Crippen LogP contribution in [0.4, 0.5) is 22.9 Å². The molecule has 0 radical (unpaired) electrons. The molecule has 0 saturated heterocycles. The van der Waals surface area contributed by atoms with E-state index in [-0.39, 0.29) is 0 Å². The van der Waals surface area contributed by atoms with Gasteiger partial charge in [0.25, 0.3) is 0 Å². The van der Waals surface area contributed by atoms with E-state index < -0.39 is 0 Å². The fraction of sp³-hybridized carbons (Fsp3) is 0.0455. The smallest absolute Gasteiger partial charge is 0.142 e. The first-order valence-corrected chi connectivity index (χ1v) is 10.3. The van der Waals surface area contributed by atoms with Gasteiger partial charge in [-0.15, -0.1) is 0 Å². The molecule has 0 fully saturated rings. The van der Waals surface area contributed by atoms with E-state index in [9.17, 15) is 0 Å². The molecule has 0 aliphatic rings. The first-order valence-electron chi connectivity index (χ1n) is 8.76. The Morgan fingerprint density at radius 1 is 0.862 bits per heavy atom. The van der Waals surface area contributed by atoms with Crippen molar-refractivity contribution in [2.45, 2.75) is 0 Å². The van der Waals surface area contributed by atoms with Gasteiger partial charge >= 0.3 is 0 Å². The topological polar surface area (TPSA) is 46.2 Å². The second-order valence-electron chi connectivity index (χ2n) is 6.30. The van der Waals surface area contributed by atoms with Crippen molar-refractivity contribution in [2.24, 2.45) is 0 Å². The van der Waals surface area contributed by atoms with E-state index >= 15 is 0 Å². The molecule has 4 nitrogen and oxygen atoms in total. The van der Waals surface area contributed by atoms with E-state index in [0.29, 0.717) is 15.9 Å². The molecule has 7 heteroatoms. The Morgan fingerprint density at radius 2 is 1.69 bits per heavy atom.